The molecule has 0 spiro atoms. The fourth-order valence-corrected chi connectivity index (χ4v) is 1.40. The van der Waals surface area contributed by atoms with E-state index < -0.39 is 5.97 Å². The van der Waals surface area contributed by atoms with E-state index in [9.17, 15) is 9.59 Å². The van der Waals surface area contributed by atoms with Crippen LogP contribution in [0.25, 0.3) is 0 Å². The van der Waals surface area contributed by atoms with Crippen LogP contribution in [0.5, 0.6) is 0 Å². The van der Waals surface area contributed by atoms with Gasteiger partial charge in [-0.05, 0) is 23.6 Å². The third kappa shape index (κ3) is 4.26. The first-order chi connectivity index (χ1) is 8.00. The van der Waals surface area contributed by atoms with E-state index in [1.165, 1.54) is 5.56 Å². The normalized spacial score (nSPS) is 10.3. The van der Waals surface area contributed by atoms with Crippen molar-refractivity contribution in [2.24, 2.45) is 0 Å². The Balaban J connectivity index is 2.54. The predicted molar refractivity (Wildman–Crippen MR) is 65.1 cm³/mol. The van der Waals surface area contributed by atoms with Crippen molar-refractivity contribution in [3.8, 4) is 0 Å². The monoisotopic (exact) mass is 235 g/mol. The summed E-state index contributed by atoms with van der Waals surface area (Å²) in [4.78, 5) is 21.9. The van der Waals surface area contributed by atoms with E-state index >= 15 is 0 Å². The maximum atomic E-state index is 11.6. The van der Waals surface area contributed by atoms with Crippen LogP contribution in [-0.2, 0) is 4.79 Å². The number of hydrogen-bond acceptors (Lipinski definition) is 2. The molecule has 0 aliphatic rings. The fraction of sp³-hybridized carbons (Fsp3) is 0.385. The molecule has 1 aromatic rings. The minimum absolute atomic E-state index is 0.0597. The van der Waals surface area contributed by atoms with E-state index in [4.69, 9.17) is 5.11 Å². The number of aliphatic carboxylic acids is 1. The molecule has 17 heavy (non-hydrogen) atoms. The van der Waals surface area contributed by atoms with Crippen molar-refractivity contribution in [2.75, 3.05) is 6.54 Å². The Hall–Kier alpha value is -1.84. The molecule has 0 radical (unpaired) electrons. The van der Waals surface area contributed by atoms with Gasteiger partial charge in [0, 0.05) is 12.1 Å². The first-order valence-electron chi connectivity index (χ1n) is 5.60. The Morgan fingerprint density at radius 3 is 2.29 bits per heavy atom. The molecule has 0 heterocycles. The molecule has 4 nitrogen and oxygen atoms in total. The number of carboxylic acids is 1. The molecule has 0 fully saturated rings. The molecule has 1 aromatic carbocycles. The second kappa shape index (κ2) is 6.03. The average Bonchev–Trinajstić information content (AvgIpc) is 2.28. The van der Waals surface area contributed by atoms with Crippen LogP contribution in [0.3, 0.4) is 0 Å². The number of amides is 1. The van der Waals surface area contributed by atoms with Crippen LogP contribution in [0.4, 0.5) is 0 Å². The van der Waals surface area contributed by atoms with Gasteiger partial charge in [0.2, 0.25) is 0 Å². The standard InChI is InChI=1S/C13H17NO3/c1-9(2)10-3-5-11(6-4-10)13(17)14-8-7-12(15)16/h3-6,9H,7-8H2,1-2H3,(H,14,17)(H,15,16). The Bertz CT molecular complexity index is 396. The second-order valence-electron chi connectivity index (χ2n) is 4.18. The minimum Gasteiger partial charge on any atom is -0.481 e. The molecule has 4 heteroatoms. The summed E-state index contributed by atoms with van der Waals surface area (Å²) in [5.41, 5.74) is 1.73. The highest BCUT2D eigenvalue weighted by molar-refractivity contribution is 5.94. The number of nitrogens with one attached hydrogen (secondary N) is 1. The van der Waals surface area contributed by atoms with Crippen molar-refractivity contribution in [3.63, 3.8) is 0 Å². The largest absolute Gasteiger partial charge is 0.481 e. The maximum Gasteiger partial charge on any atom is 0.305 e. The Labute approximate surface area is 101 Å². The van der Waals surface area contributed by atoms with Gasteiger partial charge in [0.15, 0.2) is 0 Å². The number of carbonyl (C=O) groups is 2. The lowest BCUT2D eigenvalue weighted by Gasteiger charge is -2.07. The SMILES string of the molecule is CC(C)c1ccc(C(=O)NCCC(=O)O)cc1. The lowest BCUT2D eigenvalue weighted by molar-refractivity contribution is -0.136. The number of carbonyl (C=O) groups excluding carboxylic acids is 1. The van der Waals surface area contributed by atoms with Gasteiger partial charge in [0.1, 0.15) is 0 Å². The summed E-state index contributed by atoms with van der Waals surface area (Å²) in [6.07, 6.45) is -0.0597. The Morgan fingerprint density at radius 1 is 1.24 bits per heavy atom. The highest BCUT2D eigenvalue weighted by atomic mass is 16.4. The summed E-state index contributed by atoms with van der Waals surface area (Å²) < 4.78 is 0. The lowest BCUT2D eigenvalue weighted by Crippen LogP contribution is -2.25. The summed E-state index contributed by atoms with van der Waals surface area (Å²) >= 11 is 0. The topological polar surface area (TPSA) is 66.4 Å². The van der Waals surface area contributed by atoms with Gasteiger partial charge in [-0.1, -0.05) is 26.0 Å². The predicted octanol–water partition coefficient (Wildman–Crippen LogP) is 2.01. The fourth-order valence-electron chi connectivity index (χ4n) is 1.40. The first-order valence-corrected chi connectivity index (χ1v) is 5.60. The average molecular weight is 235 g/mol. The molecule has 0 aliphatic heterocycles. The van der Waals surface area contributed by atoms with Gasteiger partial charge in [0.25, 0.3) is 5.91 Å². The van der Waals surface area contributed by atoms with Crippen LogP contribution < -0.4 is 5.32 Å². The van der Waals surface area contributed by atoms with E-state index in [2.05, 4.69) is 19.2 Å². The van der Waals surface area contributed by atoms with Crippen LogP contribution in [0.1, 0.15) is 42.1 Å². The van der Waals surface area contributed by atoms with Crippen LogP contribution >= 0.6 is 0 Å². The van der Waals surface area contributed by atoms with Crippen molar-refractivity contribution in [1.82, 2.24) is 5.32 Å². The number of rotatable bonds is 5. The highest BCUT2D eigenvalue weighted by Crippen LogP contribution is 2.14. The summed E-state index contributed by atoms with van der Waals surface area (Å²) in [5, 5.41) is 11.0. The Morgan fingerprint density at radius 2 is 1.82 bits per heavy atom. The van der Waals surface area contributed by atoms with E-state index in [0.717, 1.165) is 0 Å². The number of hydrogen-bond donors (Lipinski definition) is 2. The molecule has 1 amide bonds. The molecule has 0 saturated heterocycles. The molecule has 0 aliphatic carbocycles. The van der Waals surface area contributed by atoms with Crippen LogP contribution in [0.15, 0.2) is 24.3 Å². The summed E-state index contributed by atoms with van der Waals surface area (Å²) in [7, 11) is 0. The summed E-state index contributed by atoms with van der Waals surface area (Å²) in [6.45, 7) is 4.32. The van der Waals surface area contributed by atoms with E-state index in [1.54, 1.807) is 12.1 Å². The Kier molecular flexibility index (Phi) is 4.69. The molecule has 0 unspecified atom stereocenters. The van der Waals surface area contributed by atoms with E-state index in [-0.39, 0.29) is 18.9 Å². The van der Waals surface area contributed by atoms with Crippen molar-refractivity contribution in [3.05, 3.63) is 35.4 Å². The molecular weight excluding hydrogens is 218 g/mol. The molecule has 92 valence electrons. The third-order valence-electron chi connectivity index (χ3n) is 2.46. The molecule has 0 bridgehead atoms. The van der Waals surface area contributed by atoms with Crippen molar-refractivity contribution >= 4 is 11.9 Å². The number of carboxylic acid groups (broad SMARTS) is 1. The molecule has 1 rings (SSSR count). The summed E-state index contributed by atoms with van der Waals surface area (Å²) in [5.74, 6) is -0.721. The first kappa shape index (κ1) is 13.2. The second-order valence-corrected chi connectivity index (χ2v) is 4.18. The quantitative estimate of drug-likeness (QED) is 0.820. The maximum absolute atomic E-state index is 11.6. The van der Waals surface area contributed by atoms with Crippen molar-refractivity contribution in [1.29, 1.82) is 0 Å². The van der Waals surface area contributed by atoms with Crippen LogP contribution in [0.2, 0.25) is 0 Å². The van der Waals surface area contributed by atoms with E-state index in [0.29, 0.717) is 11.5 Å². The summed E-state index contributed by atoms with van der Waals surface area (Å²) in [6, 6.07) is 7.34. The third-order valence-corrected chi connectivity index (χ3v) is 2.46. The minimum atomic E-state index is -0.916. The molecule has 0 aromatic heterocycles. The molecule has 0 atom stereocenters. The lowest BCUT2D eigenvalue weighted by atomic mass is 10.0. The van der Waals surface area contributed by atoms with E-state index in [1.807, 2.05) is 12.1 Å². The molecular formula is C13H17NO3. The zero-order valence-corrected chi connectivity index (χ0v) is 10.1. The van der Waals surface area contributed by atoms with Gasteiger partial charge in [0.05, 0.1) is 6.42 Å². The van der Waals surface area contributed by atoms with Gasteiger partial charge < -0.3 is 10.4 Å². The van der Waals surface area contributed by atoms with Gasteiger partial charge in [-0.15, -0.1) is 0 Å². The van der Waals surface area contributed by atoms with Gasteiger partial charge >= 0.3 is 5.97 Å². The van der Waals surface area contributed by atoms with Gasteiger partial charge in [-0.25, -0.2) is 0 Å². The van der Waals surface area contributed by atoms with Gasteiger partial charge in [-0.3, -0.25) is 9.59 Å². The number of benzene rings is 1. The smallest absolute Gasteiger partial charge is 0.305 e. The van der Waals surface area contributed by atoms with Crippen molar-refractivity contribution in [2.45, 2.75) is 26.2 Å². The van der Waals surface area contributed by atoms with Crippen molar-refractivity contribution < 1.29 is 14.7 Å². The van der Waals surface area contributed by atoms with Gasteiger partial charge in [-0.2, -0.15) is 0 Å². The zero-order chi connectivity index (χ0) is 12.8. The van der Waals surface area contributed by atoms with Crippen LogP contribution in [0, 0.1) is 0 Å². The molecule has 0 saturated carbocycles. The highest BCUT2D eigenvalue weighted by Gasteiger charge is 2.06. The zero-order valence-electron chi connectivity index (χ0n) is 10.1. The van der Waals surface area contributed by atoms with Crippen LogP contribution in [-0.4, -0.2) is 23.5 Å². The molecule has 2 N–H and O–H groups in total.